The van der Waals surface area contributed by atoms with Crippen LogP contribution in [-0.4, -0.2) is 61.4 Å². The summed E-state index contributed by atoms with van der Waals surface area (Å²) in [5, 5.41) is 12.4. The summed E-state index contributed by atoms with van der Waals surface area (Å²) in [6.07, 6.45) is 2.35. The summed E-state index contributed by atoms with van der Waals surface area (Å²) in [6.45, 7) is 8.81. The fraction of sp³-hybridized carbons (Fsp3) is 0.475. The number of H-pyrrole nitrogens is 1. The van der Waals surface area contributed by atoms with E-state index in [1.54, 1.807) is 31.6 Å². The van der Waals surface area contributed by atoms with Crippen molar-refractivity contribution in [1.82, 2.24) is 35.8 Å². The lowest BCUT2D eigenvalue weighted by molar-refractivity contribution is -0.137. The van der Waals surface area contributed by atoms with Crippen LogP contribution in [0.3, 0.4) is 0 Å². The normalized spacial score (nSPS) is 17.7. The smallest absolute Gasteiger partial charge is 0.378 e. The van der Waals surface area contributed by atoms with Gasteiger partial charge in [0.05, 0.1) is 34.9 Å². The first-order valence-corrected chi connectivity index (χ1v) is 19.2. The van der Waals surface area contributed by atoms with E-state index < -0.39 is 58.8 Å². The first-order chi connectivity index (χ1) is 26.2. The highest BCUT2D eigenvalue weighted by Crippen LogP contribution is 2.40. The van der Waals surface area contributed by atoms with Gasteiger partial charge in [-0.25, -0.2) is 9.37 Å². The van der Waals surface area contributed by atoms with Crippen molar-refractivity contribution >= 4 is 45.8 Å². The number of aromatic nitrogens is 3. The van der Waals surface area contributed by atoms with E-state index in [2.05, 4.69) is 31.2 Å². The van der Waals surface area contributed by atoms with Crippen molar-refractivity contribution in [2.75, 3.05) is 6.54 Å². The number of aromatic amines is 1. The van der Waals surface area contributed by atoms with E-state index in [0.717, 1.165) is 12.5 Å². The van der Waals surface area contributed by atoms with Crippen LogP contribution in [0.2, 0.25) is 0 Å². The number of para-hydroxylation sites is 1. The van der Waals surface area contributed by atoms with Crippen molar-refractivity contribution in [3.63, 3.8) is 0 Å². The predicted octanol–water partition coefficient (Wildman–Crippen LogP) is 6.18. The maximum absolute atomic E-state index is 14.8. The van der Waals surface area contributed by atoms with E-state index in [4.69, 9.17) is 12.2 Å². The molecule has 0 saturated carbocycles. The van der Waals surface area contributed by atoms with Crippen LogP contribution in [0, 0.1) is 17.7 Å². The number of hydrogen-bond acceptors (Lipinski definition) is 5. The highest BCUT2D eigenvalue weighted by Gasteiger charge is 2.47. The molecule has 15 heteroatoms. The average Bonchev–Trinajstić information content (AvgIpc) is 3.82. The molecule has 296 valence electrons. The summed E-state index contributed by atoms with van der Waals surface area (Å²) in [4.78, 5) is 49.8. The zero-order valence-electron chi connectivity index (χ0n) is 31.5. The second-order valence-electron chi connectivity index (χ2n) is 14.5. The van der Waals surface area contributed by atoms with Crippen molar-refractivity contribution in [3.05, 3.63) is 89.4 Å². The van der Waals surface area contributed by atoms with E-state index >= 15 is 0 Å². The number of carbonyl (C=O) groups is 3. The Bertz CT molecular complexity index is 1980. The van der Waals surface area contributed by atoms with Gasteiger partial charge in [0, 0.05) is 43.0 Å². The molecule has 55 heavy (non-hydrogen) atoms. The largest absolute Gasteiger partial charge is 0.418 e. The molecule has 0 fully saturated rings. The average molecular weight is 784 g/mol. The topological polar surface area (TPSA) is 133 Å². The van der Waals surface area contributed by atoms with Gasteiger partial charge in [0.2, 0.25) is 17.7 Å². The monoisotopic (exact) mass is 783 g/mol. The number of imidazole rings is 1. The Morgan fingerprint density at radius 1 is 1.02 bits per heavy atom. The van der Waals surface area contributed by atoms with Gasteiger partial charge in [-0.05, 0) is 54.4 Å². The van der Waals surface area contributed by atoms with Crippen LogP contribution in [0.15, 0.2) is 61.2 Å². The minimum atomic E-state index is -4.62. The quantitative estimate of drug-likeness (QED) is 0.0525. The van der Waals surface area contributed by atoms with Crippen LogP contribution < -0.4 is 21.3 Å². The van der Waals surface area contributed by atoms with Gasteiger partial charge in [-0.3, -0.25) is 14.4 Å². The first-order valence-electron chi connectivity index (χ1n) is 18.8. The third kappa shape index (κ3) is 9.72. The number of thiocarbonyl (C=S) groups is 1. The van der Waals surface area contributed by atoms with Crippen LogP contribution in [0.4, 0.5) is 17.6 Å². The molecular weight excluding hydrogens is 735 g/mol. The lowest BCUT2D eigenvalue weighted by Gasteiger charge is -2.40. The second kappa shape index (κ2) is 17.8. The number of amides is 3. The van der Waals surface area contributed by atoms with Crippen molar-refractivity contribution in [1.29, 1.82) is 0 Å². The lowest BCUT2D eigenvalue weighted by Crippen LogP contribution is -2.67. The molecule has 0 spiro atoms. The molecule has 1 aliphatic rings. The number of hydrogen-bond donors (Lipinski definition) is 5. The van der Waals surface area contributed by atoms with Gasteiger partial charge in [0.15, 0.2) is 0 Å². The van der Waals surface area contributed by atoms with Gasteiger partial charge >= 0.3 is 6.18 Å². The highest BCUT2D eigenvalue weighted by molar-refractivity contribution is 7.80. The molecule has 2 unspecified atom stereocenters. The Labute approximate surface area is 323 Å². The van der Waals surface area contributed by atoms with E-state index in [0.29, 0.717) is 47.6 Å². The number of rotatable bonds is 16. The van der Waals surface area contributed by atoms with Gasteiger partial charge in [0.1, 0.15) is 17.4 Å². The van der Waals surface area contributed by atoms with Gasteiger partial charge < -0.3 is 30.8 Å². The molecular formula is C40H49F4N7O3S. The third-order valence-corrected chi connectivity index (χ3v) is 11.2. The third-order valence-electron chi connectivity index (χ3n) is 10.8. The maximum atomic E-state index is 14.8. The summed E-state index contributed by atoms with van der Waals surface area (Å²) >= 11 is 5.82. The maximum Gasteiger partial charge on any atom is 0.418 e. The van der Waals surface area contributed by atoms with Crippen LogP contribution in [0.25, 0.3) is 10.9 Å². The molecule has 4 aromatic rings. The number of carbonyl (C=O) groups excluding carboxylic acids is 3. The van der Waals surface area contributed by atoms with Gasteiger partial charge in [-0.1, -0.05) is 83.1 Å². The Hall–Kier alpha value is -4.79. The van der Waals surface area contributed by atoms with Crippen LogP contribution in [0.1, 0.15) is 75.8 Å². The van der Waals surface area contributed by atoms with E-state index in [9.17, 15) is 31.9 Å². The number of halogens is 4. The molecule has 3 amide bonds. The van der Waals surface area contributed by atoms with Crippen molar-refractivity contribution in [3.8, 4) is 0 Å². The number of benzene rings is 2. The van der Waals surface area contributed by atoms with Crippen LogP contribution in [-0.2, 0) is 46.4 Å². The zero-order valence-corrected chi connectivity index (χ0v) is 32.3. The van der Waals surface area contributed by atoms with E-state index in [1.807, 2.05) is 31.5 Å². The van der Waals surface area contributed by atoms with Crippen LogP contribution in [0.5, 0.6) is 0 Å². The first kappa shape index (κ1) is 41.4. The minimum absolute atomic E-state index is 0.0560. The fourth-order valence-electron chi connectivity index (χ4n) is 7.10. The van der Waals surface area contributed by atoms with E-state index in [1.165, 1.54) is 24.3 Å². The second-order valence-corrected chi connectivity index (χ2v) is 15.0. The molecule has 10 nitrogen and oxygen atoms in total. The number of aryl methyl sites for hydroxylation is 2. The standard InChI is InChI=1S/C40H49F4N7O3S/c1-5-24(3)33(48-32(52)21-26-11-7-8-14-30(26)41)36(53)50-39(16-15-31-28(22-39)27-12-9-13-29(35(27)47-31)40(42,43)44)38(54)49-34(25(4)6-2)37(55)46-17-10-19-51-20-18-45-23-51/h7-9,11-14,18,20,23-25,33-34,47H,5-6,10,15-17,19,21-22H2,1-4H3,(H,46,55)(H,48,52)(H,49,54)(H,50,53)/t24?,25-,33-,34?,39+/m0/s1. The fourth-order valence-corrected chi connectivity index (χ4v) is 7.50. The number of nitrogens with one attached hydrogen (secondary N) is 5. The Morgan fingerprint density at radius 2 is 1.75 bits per heavy atom. The molecule has 0 saturated heterocycles. The summed E-state index contributed by atoms with van der Waals surface area (Å²) in [5.41, 5.74) is -1.33. The number of fused-ring (bicyclic) bond motifs is 3. The molecule has 5 N–H and O–H groups in total. The molecule has 5 atom stereocenters. The number of nitrogens with zero attached hydrogens (tertiary/aromatic N) is 2. The van der Waals surface area contributed by atoms with Gasteiger partial charge in [-0.15, -0.1) is 0 Å². The van der Waals surface area contributed by atoms with Crippen molar-refractivity contribution in [2.24, 2.45) is 11.8 Å². The minimum Gasteiger partial charge on any atom is -0.378 e. The number of alkyl halides is 3. The summed E-state index contributed by atoms with van der Waals surface area (Å²) < 4.78 is 58.6. The van der Waals surface area contributed by atoms with Crippen LogP contribution >= 0.6 is 12.2 Å². The Morgan fingerprint density at radius 3 is 2.42 bits per heavy atom. The van der Waals surface area contributed by atoms with Gasteiger partial charge in [0.25, 0.3) is 0 Å². The molecule has 2 aromatic carbocycles. The summed E-state index contributed by atoms with van der Waals surface area (Å²) in [5.74, 6) is -2.81. The lowest BCUT2D eigenvalue weighted by atomic mass is 9.78. The zero-order chi connectivity index (χ0) is 39.9. The Kier molecular flexibility index (Phi) is 13.4. The highest BCUT2D eigenvalue weighted by atomic mass is 32.1. The Balaban J connectivity index is 1.45. The van der Waals surface area contributed by atoms with Crippen molar-refractivity contribution in [2.45, 2.75) is 103 Å². The predicted molar refractivity (Wildman–Crippen MR) is 207 cm³/mol. The summed E-state index contributed by atoms with van der Waals surface area (Å²) in [6, 6.07) is 8.06. The molecule has 0 aliphatic heterocycles. The molecule has 0 radical (unpaired) electrons. The molecule has 2 heterocycles. The van der Waals surface area contributed by atoms with Gasteiger partial charge in [-0.2, -0.15) is 13.2 Å². The molecule has 0 bridgehead atoms. The molecule has 5 rings (SSSR count). The SMILES string of the molecule is CCC(C)[C@H](NC(=O)Cc1ccccc1F)C(=O)N[C@]1(C(=O)NC(C(=S)NCCCn2ccnc2)[C@@H](C)CC)CCc2[nH]c3c(C(F)(F)F)cccc3c2C1. The molecule has 1 aliphatic carbocycles. The van der Waals surface area contributed by atoms with Crippen molar-refractivity contribution < 1.29 is 31.9 Å². The molecule has 2 aromatic heterocycles. The summed E-state index contributed by atoms with van der Waals surface area (Å²) in [7, 11) is 0. The van der Waals surface area contributed by atoms with E-state index in [-0.39, 0.29) is 42.7 Å².